The molecular formula is C23H25N5O. The number of benzene rings is 1. The van der Waals surface area contributed by atoms with E-state index in [1.165, 1.54) is 29.5 Å². The molecule has 0 amide bonds. The normalized spacial score (nSPS) is 20.1. The number of hydrogen-bond donors (Lipinski definition) is 2. The summed E-state index contributed by atoms with van der Waals surface area (Å²) in [6, 6.07) is 8.66. The third kappa shape index (κ3) is 2.66. The maximum absolute atomic E-state index is 5.69. The zero-order chi connectivity index (χ0) is 19.5. The van der Waals surface area contributed by atoms with E-state index in [0.29, 0.717) is 5.92 Å². The van der Waals surface area contributed by atoms with Crippen LogP contribution >= 0.6 is 0 Å². The van der Waals surface area contributed by atoms with Crippen molar-refractivity contribution in [1.29, 1.82) is 0 Å². The minimum absolute atomic E-state index is 0.288. The molecule has 29 heavy (non-hydrogen) atoms. The topological polar surface area (TPSA) is 69.8 Å². The summed E-state index contributed by atoms with van der Waals surface area (Å²) in [5.41, 5.74) is 5.77. The number of nitrogens with one attached hydrogen (secondary N) is 2. The molecule has 1 atom stereocenters. The SMILES string of the molecule is Cc1c(C2CC2)[nH]c2nc(-c3cccc4[nH]ccc34)nc(N3CCOC[C@H]3C)c12. The van der Waals surface area contributed by atoms with Crippen LogP contribution in [0.2, 0.25) is 0 Å². The molecule has 1 aliphatic heterocycles. The Morgan fingerprint density at radius 1 is 1.17 bits per heavy atom. The van der Waals surface area contributed by atoms with E-state index in [1.807, 2.05) is 6.20 Å². The molecule has 148 valence electrons. The molecule has 6 nitrogen and oxygen atoms in total. The van der Waals surface area contributed by atoms with Gasteiger partial charge in [0.1, 0.15) is 11.5 Å². The summed E-state index contributed by atoms with van der Waals surface area (Å²) >= 11 is 0. The number of morpholine rings is 1. The fourth-order valence-electron chi connectivity index (χ4n) is 4.67. The lowest BCUT2D eigenvalue weighted by atomic mass is 10.1. The smallest absolute Gasteiger partial charge is 0.164 e. The average molecular weight is 387 g/mol. The van der Waals surface area contributed by atoms with Crippen LogP contribution in [-0.2, 0) is 4.74 Å². The van der Waals surface area contributed by atoms with Crippen LogP contribution in [0.15, 0.2) is 30.5 Å². The Balaban J connectivity index is 1.62. The number of H-pyrrole nitrogens is 2. The van der Waals surface area contributed by atoms with Gasteiger partial charge in [0.25, 0.3) is 0 Å². The zero-order valence-corrected chi connectivity index (χ0v) is 16.8. The highest BCUT2D eigenvalue weighted by Gasteiger charge is 2.31. The Bertz CT molecular complexity index is 1220. The Morgan fingerprint density at radius 2 is 2.07 bits per heavy atom. The van der Waals surface area contributed by atoms with Crippen molar-refractivity contribution in [2.45, 2.75) is 38.6 Å². The maximum atomic E-state index is 5.69. The van der Waals surface area contributed by atoms with Gasteiger partial charge in [0, 0.05) is 34.9 Å². The standard InChI is InChI=1S/C23H25N5O/c1-13-12-29-11-10-28(13)23-19-14(2)20(15-6-7-15)25-22(19)26-21(27-23)17-4-3-5-18-16(17)8-9-24-18/h3-5,8-9,13,15,24H,6-7,10-12H2,1-2H3,(H,25,26,27)/t13-/m1/s1. The molecule has 3 aromatic heterocycles. The molecule has 0 bridgehead atoms. The molecule has 1 aromatic carbocycles. The molecule has 1 saturated carbocycles. The molecule has 6 rings (SSSR count). The molecule has 1 saturated heterocycles. The maximum Gasteiger partial charge on any atom is 0.164 e. The van der Waals surface area contributed by atoms with Crippen LogP contribution in [0.3, 0.4) is 0 Å². The monoisotopic (exact) mass is 387 g/mol. The van der Waals surface area contributed by atoms with Crippen LogP contribution in [0.4, 0.5) is 5.82 Å². The summed E-state index contributed by atoms with van der Waals surface area (Å²) in [5, 5.41) is 2.32. The van der Waals surface area contributed by atoms with Crippen LogP contribution in [0.25, 0.3) is 33.3 Å². The second-order valence-corrected chi connectivity index (χ2v) is 8.39. The summed E-state index contributed by atoms with van der Waals surface area (Å²) in [5.74, 6) is 2.46. The first-order chi connectivity index (χ1) is 14.2. The van der Waals surface area contributed by atoms with Crippen molar-refractivity contribution in [1.82, 2.24) is 19.9 Å². The molecule has 0 spiro atoms. The molecule has 2 aliphatic rings. The van der Waals surface area contributed by atoms with Crippen LogP contribution in [-0.4, -0.2) is 45.7 Å². The minimum Gasteiger partial charge on any atom is -0.377 e. The average Bonchev–Trinajstić information content (AvgIpc) is 3.36. The first kappa shape index (κ1) is 17.0. The van der Waals surface area contributed by atoms with Crippen molar-refractivity contribution in [3.63, 3.8) is 0 Å². The fraction of sp³-hybridized carbons (Fsp3) is 0.391. The Hall–Kier alpha value is -2.86. The van der Waals surface area contributed by atoms with Gasteiger partial charge < -0.3 is 19.6 Å². The summed E-state index contributed by atoms with van der Waals surface area (Å²) in [4.78, 5) is 19.5. The lowest BCUT2D eigenvalue weighted by Crippen LogP contribution is -2.44. The summed E-state index contributed by atoms with van der Waals surface area (Å²) in [7, 11) is 0. The third-order valence-corrected chi connectivity index (χ3v) is 6.38. The van der Waals surface area contributed by atoms with Crippen LogP contribution in [0, 0.1) is 6.92 Å². The molecular weight excluding hydrogens is 362 g/mol. The Kier molecular flexibility index (Phi) is 3.71. The quantitative estimate of drug-likeness (QED) is 0.542. The molecule has 0 radical (unpaired) electrons. The first-order valence-corrected chi connectivity index (χ1v) is 10.5. The van der Waals surface area contributed by atoms with E-state index in [-0.39, 0.29) is 6.04 Å². The lowest BCUT2D eigenvalue weighted by Gasteiger charge is -2.34. The largest absolute Gasteiger partial charge is 0.377 e. The predicted octanol–water partition coefficient (Wildman–Crippen LogP) is 4.52. The molecule has 1 aliphatic carbocycles. The van der Waals surface area contributed by atoms with Gasteiger partial charge in [-0.3, -0.25) is 0 Å². The Morgan fingerprint density at radius 3 is 2.90 bits per heavy atom. The van der Waals surface area contributed by atoms with Crippen molar-refractivity contribution in [3.8, 4) is 11.4 Å². The van der Waals surface area contributed by atoms with E-state index in [0.717, 1.165) is 53.5 Å². The van der Waals surface area contributed by atoms with Crippen LogP contribution in [0.5, 0.6) is 0 Å². The zero-order valence-electron chi connectivity index (χ0n) is 16.8. The van der Waals surface area contributed by atoms with E-state index in [1.54, 1.807) is 0 Å². The molecule has 6 heteroatoms. The van der Waals surface area contributed by atoms with Crippen molar-refractivity contribution in [2.24, 2.45) is 0 Å². The molecule has 2 N–H and O–H groups in total. The third-order valence-electron chi connectivity index (χ3n) is 6.38. The van der Waals surface area contributed by atoms with Gasteiger partial charge in [-0.15, -0.1) is 0 Å². The first-order valence-electron chi connectivity index (χ1n) is 10.5. The lowest BCUT2D eigenvalue weighted by molar-refractivity contribution is 0.0987. The second kappa shape index (κ2) is 6.32. The summed E-state index contributed by atoms with van der Waals surface area (Å²) in [6.07, 6.45) is 4.50. The highest BCUT2D eigenvalue weighted by molar-refractivity contribution is 5.97. The number of aromatic nitrogens is 4. The number of anilines is 1. The van der Waals surface area contributed by atoms with Gasteiger partial charge in [-0.05, 0) is 50.3 Å². The number of rotatable bonds is 3. The van der Waals surface area contributed by atoms with Gasteiger partial charge in [-0.25, -0.2) is 9.97 Å². The van der Waals surface area contributed by atoms with Crippen molar-refractivity contribution in [2.75, 3.05) is 24.7 Å². The molecule has 4 aromatic rings. The van der Waals surface area contributed by atoms with Crippen LogP contribution < -0.4 is 4.90 Å². The van der Waals surface area contributed by atoms with E-state index in [4.69, 9.17) is 14.7 Å². The number of aromatic amines is 2. The van der Waals surface area contributed by atoms with E-state index in [9.17, 15) is 0 Å². The highest BCUT2D eigenvalue weighted by Crippen LogP contribution is 2.44. The number of nitrogens with zero attached hydrogens (tertiary/aromatic N) is 3. The van der Waals surface area contributed by atoms with Gasteiger partial charge >= 0.3 is 0 Å². The van der Waals surface area contributed by atoms with Gasteiger partial charge in [0.15, 0.2) is 5.82 Å². The van der Waals surface area contributed by atoms with Crippen molar-refractivity contribution in [3.05, 3.63) is 41.7 Å². The number of ether oxygens (including phenoxy) is 1. The molecule has 4 heterocycles. The van der Waals surface area contributed by atoms with Gasteiger partial charge in [0.2, 0.25) is 0 Å². The second-order valence-electron chi connectivity index (χ2n) is 8.39. The predicted molar refractivity (Wildman–Crippen MR) is 116 cm³/mol. The minimum atomic E-state index is 0.288. The van der Waals surface area contributed by atoms with Gasteiger partial charge in [0.05, 0.1) is 24.6 Å². The molecule has 2 fully saturated rings. The van der Waals surface area contributed by atoms with E-state index < -0.39 is 0 Å². The Labute approximate surface area is 169 Å². The van der Waals surface area contributed by atoms with E-state index >= 15 is 0 Å². The van der Waals surface area contributed by atoms with Crippen molar-refractivity contribution >= 4 is 27.8 Å². The van der Waals surface area contributed by atoms with Crippen molar-refractivity contribution < 1.29 is 4.74 Å². The number of fused-ring (bicyclic) bond motifs is 2. The number of aryl methyl sites for hydroxylation is 1. The molecule has 0 unspecified atom stereocenters. The fourth-order valence-corrected chi connectivity index (χ4v) is 4.67. The van der Waals surface area contributed by atoms with E-state index in [2.05, 4.69) is 53.0 Å². The summed E-state index contributed by atoms with van der Waals surface area (Å²) < 4.78 is 5.69. The van der Waals surface area contributed by atoms with Crippen LogP contribution in [0.1, 0.15) is 36.9 Å². The van der Waals surface area contributed by atoms with Gasteiger partial charge in [-0.2, -0.15) is 0 Å². The van der Waals surface area contributed by atoms with Gasteiger partial charge in [-0.1, -0.05) is 12.1 Å². The number of hydrogen-bond acceptors (Lipinski definition) is 4. The highest BCUT2D eigenvalue weighted by atomic mass is 16.5. The summed E-state index contributed by atoms with van der Waals surface area (Å²) in [6.45, 7) is 6.75.